The first-order valence-corrected chi connectivity index (χ1v) is 5.76. The molecule has 5 heteroatoms. The number of carbonyl (C=O) groups excluding carboxylic acids is 2. The molecule has 0 aromatic heterocycles. The Bertz CT molecular complexity index is 402. The molecule has 0 aromatic rings. The first kappa shape index (κ1) is 10.8. The van der Waals surface area contributed by atoms with Crippen molar-refractivity contribution in [3.05, 3.63) is 12.2 Å². The van der Waals surface area contributed by atoms with Crippen LogP contribution in [0.5, 0.6) is 0 Å². The number of rotatable bonds is 2. The summed E-state index contributed by atoms with van der Waals surface area (Å²) in [5.74, 6) is -0.677. The number of cyclic esters (lactones) is 1. The molecule has 3 aliphatic heterocycles. The molecule has 0 spiro atoms. The van der Waals surface area contributed by atoms with E-state index in [9.17, 15) is 9.59 Å². The van der Waals surface area contributed by atoms with E-state index in [1.807, 2.05) is 0 Å². The Kier molecular flexibility index (Phi) is 2.26. The Morgan fingerprint density at radius 3 is 3.00 bits per heavy atom. The third-order valence-electron chi connectivity index (χ3n) is 3.74. The average Bonchev–Trinajstić information content (AvgIpc) is 2.90. The smallest absolute Gasteiger partial charge is 0.333 e. The molecule has 2 bridgehead atoms. The van der Waals surface area contributed by atoms with Gasteiger partial charge in [-0.3, -0.25) is 4.79 Å². The highest BCUT2D eigenvalue weighted by atomic mass is 16.6. The molecule has 5 atom stereocenters. The lowest BCUT2D eigenvalue weighted by atomic mass is 9.80. The van der Waals surface area contributed by atoms with Gasteiger partial charge in [-0.1, -0.05) is 6.58 Å². The Morgan fingerprint density at radius 1 is 1.53 bits per heavy atom. The molecule has 0 unspecified atom stereocenters. The van der Waals surface area contributed by atoms with Gasteiger partial charge in [0, 0.05) is 17.9 Å². The summed E-state index contributed by atoms with van der Waals surface area (Å²) in [4.78, 5) is 22.9. The summed E-state index contributed by atoms with van der Waals surface area (Å²) < 4.78 is 16.0. The van der Waals surface area contributed by atoms with Gasteiger partial charge in [-0.2, -0.15) is 0 Å². The second-order valence-corrected chi connectivity index (χ2v) is 4.92. The zero-order valence-electron chi connectivity index (χ0n) is 9.55. The van der Waals surface area contributed by atoms with E-state index in [-0.39, 0.29) is 36.1 Å². The number of esters is 2. The highest BCUT2D eigenvalue weighted by Gasteiger charge is 2.61. The average molecular weight is 238 g/mol. The zero-order valence-corrected chi connectivity index (χ0v) is 9.55. The van der Waals surface area contributed by atoms with Crippen LogP contribution >= 0.6 is 0 Å². The van der Waals surface area contributed by atoms with Crippen LogP contribution in [0, 0.1) is 11.8 Å². The third kappa shape index (κ3) is 1.49. The van der Waals surface area contributed by atoms with Crippen molar-refractivity contribution in [3.63, 3.8) is 0 Å². The van der Waals surface area contributed by atoms with Crippen molar-refractivity contribution in [2.45, 2.75) is 31.7 Å². The number of ether oxygens (including phenoxy) is 3. The lowest BCUT2D eigenvalue weighted by Crippen LogP contribution is -2.39. The van der Waals surface area contributed by atoms with Gasteiger partial charge >= 0.3 is 11.9 Å². The van der Waals surface area contributed by atoms with Crippen LogP contribution < -0.4 is 0 Å². The van der Waals surface area contributed by atoms with Crippen molar-refractivity contribution in [3.8, 4) is 0 Å². The van der Waals surface area contributed by atoms with Crippen LogP contribution in [-0.4, -0.2) is 36.9 Å². The molecule has 17 heavy (non-hydrogen) atoms. The fourth-order valence-electron chi connectivity index (χ4n) is 2.95. The predicted molar refractivity (Wildman–Crippen MR) is 55.9 cm³/mol. The van der Waals surface area contributed by atoms with E-state index in [1.54, 1.807) is 6.92 Å². The second-order valence-electron chi connectivity index (χ2n) is 4.92. The third-order valence-corrected chi connectivity index (χ3v) is 3.74. The van der Waals surface area contributed by atoms with Crippen molar-refractivity contribution in [1.82, 2.24) is 0 Å². The van der Waals surface area contributed by atoms with E-state index in [1.165, 1.54) is 0 Å². The summed E-state index contributed by atoms with van der Waals surface area (Å²) in [6.45, 7) is 5.54. The maximum Gasteiger partial charge on any atom is 0.333 e. The van der Waals surface area contributed by atoms with Crippen molar-refractivity contribution < 1.29 is 23.8 Å². The molecule has 3 saturated heterocycles. The van der Waals surface area contributed by atoms with Gasteiger partial charge in [0.25, 0.3) is 0 Å². The molecule has 0 aliphatic carbocycles. The maximum atomic E-state index is 11.5. The van der Waals surface area contributed by atoms with E-state index in [0.29, 0.717) is 18.6 Å². The van der Waals surface area contributed by atoms with Gasteiger partial charge in [-0.05, 0) is 6.92 Å². The largest absolute Gasteiger partial charge is 0.465 e. The van der Waals surface area contributed by atoms with E-state index in [2.05, 4.69) is 6.58 Å². The minimum Gasteiger partial charge on any atom is -0.465 e. The second kappa shape index (κ2) is 3.57. The van der Waals surface area contributed by atoms with E-state index >= 15 is 0 Å². The van der Waals surface area contributed by atoms with Gasteiger partial charge in [-0.25, -0.2) is 4.79 Å². The van der Waals surface area contributed by atoms with Crippen LogP contribution in [0.25, 0.3) is 0 Å². The summed E-state index contributed by atoms with van der Waals surface area (Å²) >= 11 is 0. The van der Waals surface area contributed by atoms with Crippen molar-refractivity contribution in [2.75, 3.05) is 6.61 Å². The zero-order chi connectivity index (χ0) is 12.2. The summed E-state index contributed by atoms with van der Waals surface area (Å²) in [7, 11) is 0. The SMILES string of the molecule is C=C(C)C(=O)O[C@@H]1C[C@@H]2O[C@H]1[C@@H]1COC(=O)[C@@H]12. The van der Waals surface area contributed by atoms with Crippen LogP contribution in [0.2, 0.25) is 0 Å². The van der Waals surface area contributed by atoms with Crippen LogP contribution in [0.4, 0.5) is 0 Å². The van der Waals surface area contributed by atoms with Gasteiger partial charge in [0.1, 0.15) is 12.2 Å². The first-order chi connectivity index (χ1) is 8.08. The normalized spacial score (nSPS) is 42.2. The molecular formula is C12H14O5. The summed E-state index contributed by atoms with van der Waals surface area (Å²) in [5, 5.41) is 0. The van der Waals surface area contributed by atoms with Crippen molar-refractivity contribution >= 4 is 11.9 Å². The van der Waals surface area contributed by atoms with Crippen molar-refractivity contribution in [2.24, 2.45) is 11.8 Å². The lowest BCUT2D eigenvalue weighted by molar-refractivity contribution is -0.148. The summed E-state index contributed by atoms with van der Waals surface area (Å²) in [6.07, 6.45) is -0.0254. The van der Waals surface area contributed by atoms with E-state index in [0.717, 1.165) is 0 Å². The molecule has 0 radical (unpaired) electrons. The Balaban J connectivity index is 1.71. The maximum absolute atomic E-state index is 11.5. The Labute approximate surface area is 98.7 Å². The molecule has 92 valence electrons. The summed E-state index contributed by atoms with van der Waals surface area (Å²) in [6, 6.07) is 0. The van der Waals surface area contributed by atoms with Crippen LogP contribution in [0.15, 0.2) is 12.2 Å². The Morgan fingerprint density at radius 2 is 2.29 bits per heavy atom. The number of carbonyl (C=O) groups is 2. The van der Waals surface area contributed by atoms with Gasteiger partial charge in [0.15, 0.2) is 0 Å². The lowest BCUT2D eigenvalue weighted by Gasteiger charge is -2.25. The van der Waals surface area contributed by atoms with Gasteiger partial charge in [0.05, 0.1) is 18.6 Å². The minimum absolute atomic E-state index is 0.0455. The topological polar surface area (TPSA) is 61.8 Å². The first-order valence-electron chi connectivity index (χ1n) is 5.76. The fourth-order valence-corrected chi connectivity index (χ4v) is 2.95. The molecule has 0 saturated carbocycles. The molecule has 3 fully saturated rings. The van der Waals surface area contributed by atoms with Gasteiger partial charge < -0.3 is 14.2 Å². The molecule has 3 aliphatic rings. The quantitative estimate of drug-likeness (QED) is 0.516. The number of fused-ring (bicyclic) bond motifs is 5. The highest BCUT2D eigenvalue weighted by molar-refractivity contribution is 5.87. The minimum atomic E-state index is -0.395. The van der Waals surface area contributed by atoms with Crippen LogP contribution in [0.3, 0.4) is 0 Å². The molecule has 0 N–H and O–H groups in total. The molecular weight excluding hydrogens is 224 g/mol. The molecule has 5 nitrogen and oxygen atoms in total. The van der Waals surface area contributed by atoms with Gasteiger partial charge in [0.2, 0.25) is 0 Å². The fraction of sp³-hybridized carbons (Fsp3) is 0.667. The highest BCUT2D eigenvalue weighted by Crippen LogP contribution is 2.48. The monoisotopic (exact) mass is 238 g/mol. The Hall–Kier alpha value is -1.36. The molecule has 3 heterocycles. The van der Waals surface area contributed by atoms with Crippen LogP contribution in [-0.2, 0) is 23.8 Å². The van der Waals surface area contributed by atoms with E-state index in [4.69, 9.17) is 14.2 Å². The van der Waals surface area contributed by atoms with E-state index < -0.39 is 5.97 Å². The van der Waals surface area contributed by atoms with Gasteiger partial charge in [-0.15, -0.1) is 0 Å². The number of hydrogen-bond acceptors (Lipinski definition) is 5. The van der Waals surface area contributed by atoms with Crippen LogP contribution in [0.1, 0.15) is 13.3 Å². The predicted octanol–water partition coefficient (Wildman–Crippen LogP) is 0.435. The van der Waals surface area contributed by atoms with Crippen molar-refractivity contribution in [1.29, 1.82) is 0 Å². The summed E-state index contributed by atoms with van der Waals surface area (Å²) in [5.41, 5.74) is 0.378. The molecule has 3 rings (SSSR count). The molecule has 0 aromatic carbocycles. The standard InChI is InChI=1S/C12H14O5/c1-5(2)11(13)17-8-3-7-9-6(10(8)16-7)4-15-12(9)14/h6-10H,1,3-4H2,2H3/t6-,7+,8-,9+,10+/m1/s1. The molecule has 0 amide bonds. The number of hydrogen-bond donors (Lipinski definition) is 0.